The van der Waals surface area contributed by atoms with Crippen LogP contribution in [0.15, 0.2) is 88.3 Å². The van der Waals surface area contributed by atoms with Crippen LogP contribution in [0.4, 0.5) is 0 Å². The van der Waals surface area contributed by atoms with E-state index in [0.717, 1.165) is 16.7 Å². The van der Waals surface area contributed by atoms with E-state index in [9.17, 15) is 14.4 Å². The highest BCUT2D eigenvalue weighted by Crippen LogP contribution is 2.38. The van der Waals surface area contributed by atoms with Gasteiger partial charge < -0.3 is 30.9 Å². The molecule has 0 aliphatic carbocycles. The number of benzene rings is 3. The number of hydrogen-bond donors (Lipinski definition) is 0. The first-order valence-corrected chi connectivity index (χ1v) is 13.6. The zero-order chi connectivity index (χ0) is 29.5. The Balaban J connectivity index is 0.00000368. The SMILES string of the molecule is COc1ccc(-c2oc3c(-c4cc[n+](CCN5C(=O)c6ccccc6C5=O)cc4)cc(C)cc3c(=O)c2OC)cc1Cl.[Br-]. The summed E-state index contributed by atoms with van der Waals surface area (Å²) in [5, 5.41) is 0.769. The number of carbonyl (C=O) groups excluding carboxylic acids is 2. The Kier molecular flexibility index (Phi) is 8.39. The van der Waals surface area contributed by atoms with Crippen LogP contribution in [0.1, 0.15) is 26.3 Å². The van der Waals surface area contributed by atoms with E-state index in [1.54, 1.807) is 48.5 Å². The molecule has 0 unspecified atom stereocenters. The predicted octanol–water partition coefficient (Wildman–Crippen LogP) is 2.69. The summed E-state index contributed by atoms with van der Waals surface area (Å²) in [6, 6.07) is 19.5. The van der Waals surface area contributed by atoms with Crippen LogP contribution in [-0.4, -0.2) is 37.5 Å². The highest BCUT2D eigenvalue weighted by Gasteiger charge is 2.35. The minimum atomic E-state index is -0.294. The lowest BCUT2D eigenvalue weighted by molar-refractivity contribution is -0.695. The maximum absolute atomic E-state index is 13.6. The smallest absolute Gasteiger partial charge is 0.261 e. The highest BCUT2D eigenvalue weighted by atomic mass is 79.9. The molecule has 218 valence electrons. The van der Waals surface area contributed by atoms with Crippen molar-refractivity contribution in [3.8, 4) is 33.9 Å². The molecule has 8 nitrogen and oxygen atoms in total. The zero-order valence-corrected chi connectivity index (χ0v) is 25.9. The molecule has 2 amide bonds. The second-order valence-electron chi connectivity index (χ2n) is 9.96. The molecule has 0 spiro atoms. The first-order valence-electron chi connectivity index (χ1n) is 13.2. The molecule has 0 saturated carbocycles. The van der Waals surface area contributed by atoms with Crippen molar-refractivity contribution in [3.05, 3.63) is 111 Å². The molecule has 5 aromatic rings. The summed E-state index contributed by atoms with van der Waals surface area (Å²) in [5.41, 5.74) is 4.00. The van der Waals surface area contributed by atoms with Gasteiger partial charge in [-0.05, 0) is 60.5 Å². The lowest BCUT2D eigenvalue weighted by Gasteiger charge is -2.14. The Morgan fingerprint density at radius 2 is 1.51 bits per heavy atom. The van der Waals surface area contributed by atoms with Gasteiger partial charge in [-0.2, -0.15) is 0 Å². The van der Waals surface area contributed by atoms with Crippen molar-refractivity contribution in [2.24, 2.45) is 0 Å². The van der Waals surface area contributed by atoms with Gasteiger partial charge in [0.05, 0.1) is 42.3 Å². The fourth-order valence-electron chi connectivity index (χ4n) is 5.27. The van der Waals surface area contributed by atoms with Gasteiger partial charge in [0.1, 0.15) is 11.3 Å². The average Bonchev–Trinajstić information content (AvgIpc) is 3.25. The number of pyridine rings is 1. The normalized spacial score (nSPS) is 12.3. The standard InChI is InChI=1S/C33H26ClN2O6.BrH/c1-19-16-24(20-10-12-35(13-11-20)14-15-36-32(38)22-6-4-5-7-23(22)33(36)39)30-25(17-19)28(37)31(41-3)29(42-30)21-8-9-27(40-2)26(34)18-21;/h4-13,16-18H,14-15H2,1-3H3;1H/q+1;/p-1. The summed E-state index contributed by atoms with van der Waals surface area (Å²) in [5.74, 6) is 0.285. The number of aryl methyl sites for hydroxylation is 1. The van der Waals surface area contributed by atoms with Gasteiger partial charge in [-0.1, -0.05) is 23.7 Å². The van der Waals surface area contributed by atoms with Crippen molar-refractivity contribution in [3.63, 3.8) is 0 Å². The van der Waals surface area contributed by atoms with Crippen molar-refractivity contribution in [2.45, 2.75) is 13.5 Å². The van der Waals surface area contributed by atoms with Gasteiger partial charge in [0.25, 0.3) is 11.8 Å². The summed E-state index contributed by atoms with van der Waals surface area (Å²) >= 11 is 6.37. The van der Waals surface area contributed by atoms with Crippen molar-refractivity contribution in [1.29, 1.82) is 0 Å². The largest absolute Gasteiger partial charge is 1.00 e. The number of carbonyl (C=O) groups is 2. The fourth-order valence-corrected chi connectivity index (χ4v) is 5.52. The first kappa shape index (κ1) is 30.0. The molecule has 6 rings (SSSR count). The molecule has 1 aliphatic heterocycles. The molecule has 0 saturated heterocycles. The van der Waals surface area contributed by atoms with Crippen LogP contribution in [0.2, 0.25) is 5.02 Å². The van der Waals surface area contributed by atoms with Gasteiger partial charge in [0, 0.05) is 23.3 Å². The Bertz CT molecular complexity index is 1920. The van der Waals surface area contributed by atoms with Crippen LogP contribution in [0.25, 0.3) is 33.4 Å². The van der Waals surface area contributed by atoms with Crippen molar-refractivity contribution in [1.82, 2.24) is 4.90 Å². The number of fused-ring (bicyclic) bond motifs is 2. The third-order valence-corrected chi connectivity index (χ3v) is 7.67. The number of rotatable bonds is 7. The van der Waals surface area contributed by atoms with E-state index in [1.165, 1.54) is 19.1 Å². The van der Waals surface area contributed by atoms with Crippen LogP contribution in [0.3, 0.4) is 0 Å². The van der Waals surface area contributed by atoms with Crippen LogP contribution in [0.5, 0.6) is 11.5 Å². The average molecular weight is 662 g/mol. The molecule has 1 aliphatic rings. The maximum Gasteiger partial charge on any atom is 0.261 e. The molecule has 0 atom stereocenters. The molecule has 10 heteroatoms. The fraction of sp³-hybridized carbons (Fsp3) is 0.152. The number of nitrogens with zero attached hydrogens (tertiary/aromatic N) is 2. The van der Waals surface area contributed by atoms with Gasteiger partial charge in [0.15, 0.2) is 24.7 Å². The number of ether oxygens (including phenoxy) is 2. The minimum Gasteiger partial charge on any atom is -1.00 e. The molecule has 3 aromatic carbocycles. The summed E-state index contributed by atoms with van der Waals surface area (Å²) in [6.45, 7) is 2.58. The molecule has 0 bridgehead atoms. The number of amides is 2. The summed E-state index contributed by atoms with van der Waals surface area (Å²) < 4.78 is 19.1. The molecule has 2 aromatic heterocycles. The Morgan fingerprint density at radius 1 is 0.837 bits per heavy atom. The molecule has 3 heterocycles. The minimum absolute atomic E-state index is 0. The van der Waals surface area contributed by atoms with Gasteiger partial charge in [-0.25, -0.2) is 4.57 Å². The van der Waals surface area contributed by atoms with Crippen molar-refractivity contribution < 1.29 is 45.0 Å². The van der Waals surface area contributed by atoms with E-state index < -0.39 is 0 Å². The second-order valence-corrected chi connectivity index (χ2v) is 10.4. The van der Waals surface area contributed by atoms with Gasteiger partial charge in [-0.3, -0.25) is 19.3 Å². The monoisotopic (exact) mass is 660 g/mol. The van der Waals surface area contributed by atoms with Gasteiger partial charge >= 0.3 is 0 Å². The van der Waals surface area contributed by atoms with Crippen LogP contribution >= 0.6 is 11.6 Å². The van der Waals surface area contributed by atoms with E-state index in [1.807, 2.05) is 42.1 Å². The lowest BCUT2D eigenvalue weighted by Crippen LogP contribution is -3.00. The van der Waals surface area contributed by atoms with Crippen molar-refractivity contribution >= 4 is 34.4 Å². The number of hydrogen-bond acceptors (Lipinski definition) is 6. The van der Waals surface area contributed by atoms with Gasteiger partial charge in [-0.15, -0.1) is 0 Å². The molecule has 0 fully saturated rings. The van der Waals surface area contributed by atoms with Crippen LogP contribution < -0.4 is 36.5 Å². The number of aromatic nitrogens is 1. The second kappa shape index (κ2) is 12.0. The first-order chi connectivity index (χ1) is 20.3. The summed E-state index contributed by atoms with van der Waals surface area (Å²) in [6.07, 6.45) is 3.74. The third kappa shape index (κ3) is 5.30. The van der Waals surface area contributed by atoms with Crippen LogP contribution in [-0.2, 0) is 6.54 Å². The van der Waals surface area contributed by atoms with E-state index in [4.69, 9.17) is 25.5 Å². The molecule has 0 radical (unpaired) electrons. The molecule has 0 N–H and O–H groups in total. The van der Waals surface area contributed by atoms with E-state index in [-0.39, 0.29) is 52.3 Å². The molecular weight excluding hydrogens is 636 g/mol. The van der Waals surface area contributed by atoms with Gasteiger partial charge in [0.2, 0.25) is 11.2 Å². The Morgan fingerprint density at radius 3 is 2.12 bits per heavy atom. The van der Waals surface area contributed by atoms with Crippen molar-refractivity contribution in [2.75, 3.05) is 20.8 Å². The Labute approximate surface area is 262 Å². The summed E-state index contributed by atoms with van der Waals surface area (Å²) in [4.78, 5) is 40.3. The van der Waals surface area contributed by atoms with Crippen LogP contribution in [0, 0.1) is 6.92 Å². The Hall–Kier alpha value is -4.47. The molecular formula is C33H26BrClN2O6. The third-order valence-electron chi connectivity index (χ3n) is 7.37. The quantitative estimate of drug-likeness (QED) is 0.197. The zero-order valence-electron chi connectivity index (χ0n) is 23.5. The van der Waals surface area contributed by atoms with E-state index >= 15 is 0 Å². The summed E-state index contributed by atoms with van der Waals surface area (Å²) in [7, 11) is 2.96. The van der Waals surface area contributed by atoms with E-state index in [0.29, 0.717) is 45.0 Å². The topological polar surface area (TPSA) is 89.9 Å². The van der Waals surface area contributed by atoms with E-state index in [2.05, 4.69) is 0 Å². The predicted molar refractivity (Wildman–Crippen MR) is 158 cm³/mol. The number of halogens is 2. The lowest BCUT2D eigenvalue weighted by atomic mass is 10.00. The number of imide groups is 1. The number of methoxy groups -OCH3 is 2. The molecule has 43 heavy (non-hydrogen) atoms. The highest BCUT2D eigenvalue weighted by molar-refractivity contribution is 6.32. The maximum atomic E-state index is 13.6.